The second-order valence-electron chi connectivity index (χ2n) is 11.5. The Morgan fingerprint density at radius 2 is 1.07 bits per heavy atom. The number of rotatable bonds is 6. The van der Waals surface area contributed by atoms with Crippen LogP contribution in [-0.2, 0) is 0 Å². The van der Waals surface area contributed by atoms with Crippen molar-refractivity contribution in [3.8, 4) is 0 Å². The maximum absolute atomic E-state index is 2.56. The molecule has 2 aliphatic rings. The third kappa shape index (κ3) is 4.63. The number of hydrogen-bond donors (Lipinski definition) is 0. The molecular weight excluding hydrogens is 508 g/mol. The summed E-state index contributed by atoms with van der Waals surface area (Å²) in [5.74, 6) is 0.897. The van der Waals surface area contributed by atoms with E-state index in [-0.39, 0.29) is 6.04 Å². The predicted molar refractivity (Wildman–Crippen MR) is 181 cm³/mol. The van der Waals surface area contributed by atoms with Crippen LogP contribution in [0.25, 0.3) is 21.5 Å². The van der Waals surface area contributed by atoms with Crippen LogP contribution in [0.15, 0.2) is 157 Å². The zero-order valence-corrected chi connectivity index (χ0v) is 24.3. The molecule has 0 radical (unpaired) electrons. The van der Waals surface area contributed by atoms with Crippen LogP contribution in [0.1, 0.15) is 20.3 Å². The van der Waals surface area contributed by atoms with E-state index in [0.717, 1.165) is 6.42 Å². The molecule has 0 N–H and O–H groups in total. The predicted octanol–water partition coefficient (Wildman–Crippen LogP) is 10.9. The fourth-order valence-corrected chi connectivity index (χ4v) is 6.52. The number of hydrogen-bond acceptors (Lipinski definition) is 2. The molecule has 0 amide bonds. The van der Waals surface area contributed by atoms with Gasteiger partial charge >= 0.3 is 0 Å². The summed E-state index contributed by atoms with van der Waals surface area (Å²) < 4.78 is 0. The maximum Gasteiger partial charge on any atom is 0.0619 e. The van der Waals surface area contributed by atoms with Gasteiger partial charge in [0, 0.05) is 38.6 Å². The van der Waals surface area contributed by atoms with Crippen molar-refractivity contribution in [2.24, 2.45) is 11.8 Å². The summed E-state index contributed by atoms with van der Waals surface area (Å²) in [4.78, 5) is 5.03. The normalized spacial score (nSPS) is 19.7. The monoisotopic (exact) mass is 544 g/mol. The lowest BCUT2D eigenvalue weighted by molar-refractivity contribution is 0.611. The SMILES string of the molecule is CC1C=CC(N(c2ccccc2)c2c3ccccc3c(N(c3ccccc3)C3C=CC=CC3C)c3ccccc23)=CC1. The van der Waals surface area contributed by atoms with Gasteiger partial charge in [-0.15, -0.1) is 0 Å². The molecule has 0 bridgehead atoms. The topological polar surface area (TPSA) is 6.48 Å². The van der Waals surface area contributed by atoms with Gasteiger partial charge in [-0.05, 0) is 48.6 Å². The van der Waals surface area contributed by atoms with E-state index in [4.69, 9.17) is 0 Å². The lowest BCUT2D eigenvalue weighted by atomic mass is 9.91. The van der Waals surface area contributed by atoms with Crippen molar-refractivity contribution in [3.63, 3.8) is 0 Å². The highest BCUT2D eigenvalue weighted by Crippen LogP contribution is 2.49. The van der Waals surface area contributed by atoms with Crippen molar-refractivity contribution >= 4 is 44.3 Å². The van der Waals surface area contributed by atoms with E-state index in [9.17, 15) is 0 Å². The first-order valence-electron chi connectivity index (χ1n) is 15.1. The molecule has 5 aromatic rings. The van der Waals surface area contributed by atoms with Crippen LogP contribution < -0.4 is 9.80 Å². The van der Waals surface area contributed by atoms with Gasteiger partial charge < -0.3 is 9.80 Å². The molecule has 3 unspecified atom stereocenters. The summed E-state index contributed by atoms with van der Waals surface area (Å²) in [7, 11) is 0. The van der Waals surface area contributed by atoms with Gasteiger partial charge in [0.25, 0.3) is 0 Å². The molecule has 206 valence electrons. The van der Waals surface area contributed by atoms with Gasteiger partial charge in [0.05, 0.1) is 17.4 Å². The number of allylic oxidation sites excluding steroid dienone is 5. The molecule has 3 atom stereocenters. The van der Waals surface area contributed by atoms with Crippen molar-refractivity contribution in [3.05, 3.63) is 157 Å². The number of nitrogens with zero attached hydrogens (tertiary/aromatic N) is 2. The van der Waals surface area contributed by atoms with Crippen LogP contribution >= 0.6 is 0 Å². The molecule has 0 spiro atoms. The molecule has 2 heteroatoms. The molecule has 5 aromatic carbocycles. The quantitative estimate of drug-likeness (QED) is 0.155. The first-order valence-corrected chi connectivity index (χ1v) is 15.1. The van der Waals surface area contributed by atoms with Gasteiger partial charge in [-0.3, -0.25) is 0 Å². The Morgan fingerprint density at radius 1 is 0.548 bits per heavy atom. The summed E-state index contributed by atoms with van der Waals surface area (Å²) in [6.07, 6.45) is 17.1. The molecular formula is C40H36N2. The van der Waals surface area contributed by atoms with Gasteiger partial charge in [-0.25, -0.2) is 0 Å². The standard InChI is InChI=1S/C40H36N2/c1-29-25-27-33(28-26-29)41(31-16-5-3-6-17-31)39-34-20-10-12-22-36(34)40(37-23-13-11-21-35(37)39)42(32-18-7-4-8-19-32)38-24-14-9-15-30(38)2/h3-25,27-30,38H,26H2,1-2H3. The van der Waals surface area contributed by atoms with Crippen molar-refractivity contribution in [1.29, 1.82) is 0 Å². The zero-order chi connectivity index (χ0) is 28.5. The summed E-state index contributed by atoms with van der Waals surface area (Å²) >= 11 is 0. The summed E-state index contributed by atoms with van der Waals surface area (Å²) in [5.41, 5.74) is 6.06. The van der Waals surface area contributed by atoms with Crippen LogP contribution in [-0.4, -0.2) is 6.04 Å². The minimum atomic E-state index is 0.186. The Morgan fingerprint density at radius 3 is 1.62 bits per heavy atom. The van der Waals surface area contributed by atoms with Gasteiger partial charge in [0.2, 0.25) is 0 Å². The van der Waals surface area contributed by atoms with Crippen molar-refractivity contribution in [2.75, 3.05) is 9.80 Å². The molecule has 0 aromatic heterocycles. The Kier molecular flexibility index (Phi) is 6.97. The highest BCUT2D eigenvalue weighted by Gasteiger charge is 2.29. The van der Waals surface area contributed by atoms with Gasteiger partial charge in [0.1, 0.15) is 0 Å². The molecule has 7 rings (SSSR count). The van der Waals surface area contributed by atoms with Crippen LogP contribution in [0.4, 0.5) is 22.7 Å². The molecule has 42 heavy (non-hydrogen) atoms. The van der Waals surface area contributed by atoms with E-state index in [0.29, 0.717) is 11.8 Å². The molecule has 0 heterocycles. The number of benzene rings is 5. The fraction of sp³-hybridized carbons (Fsp3) is 0.150. The fourth-order valence-electron chi connectivity index (χ4n) is 6.52. The van der Waals surface area contributed by atoms with E-state index < -0.39 is 0 Å². The van der Waals surface area contributed by atoms with Crippen molar-refractivity contribution in [2.45, 2.75) is 26.3 Å². The Labute approximate surface area is 249 Å². The van der Waals surface area contributed by atoms with E-state index in [2.05, 4.69) is 175 Å². The van der Waals surface area contributed by atoms with Crippen LogP contribution in [0, 0.1) is 11.8 Å². The second-order valence-corrected chi connectivity index (χ2v) is 11.5. The van der Waals surface area contributed by atoms with Crippen LogP contribution in [0.2, 0.25) is 0 Å². The van der Waals surface area contributed by atoms with Crippen molar-refractivity contribution in [1.82, 2.24) is 0 Å². The molecule has 2 aliphatic carbocycles. The highest BCUT2D eigenvalue weighted by atomic mass is 15.2. The first kappa shape index (κ1) is 26.1. The Hall–Kier alpha value is -4.82. The Balaban J connectivity index is 1.57. The zero-order valence-electron chi connectivity index (χ0n) is 24.3. The van der Waals surface area contributed by atoms with Crippen LogP contribution in [0.3, 0.4) is 0 Å². The molecule has 0 saturated heterocycles. The third-order valence-corrected chi connectivity index (χ3v) is 8.61. The van der Waals surface area contributed by atoms with Crippen molar-refractivity contribution < 1.29 is 0 Å². The minimum absolute atomic E-state index is 0.186. The smallest absolute Gasteiger partial charge is 0.0619 e. The van der Waals surface area contributed by atoms with E-state index in [1.165, 1.54) is 50.0 Å². The highest BCUT2D eigenvalue weighted by molar-refractivity contribution is 6.22. The second kappa shape index (κ2) is 11.2. The van der Waals surface area contributed by atoms with E-state index >= 15 is 0 Å². The molecule has 0 saturated carbocycles. The van der Waals surface area contributed by atoms with Crippen LogP contribution in [0.5, 0.6) is 0 Å². The Bertz CT molecular complexity index is 1790. The average Bonchev–Trinajstić information content (AvgIpc) is 3.05. The number of fused-ring (bicyclic) bond motifs is 2. The molecule has 0 fully saturated rings. The molecule has 2 nitrogen and oxygen atoms in total. The number of para-hydroxylation sites is 2. The average molecular weight is 545 g/mol. The maximum atomic E-state index is 2.56. The minimum Gasteiger partial charge on any atom is -0.333 e. The lowest BCUT2D eigenvalue weighted by Crippen LogP contribution is -2.35. The third-order valence-electron chi connectivity index (χ3n) is 8.61. The summed E-state index contributed by atoms with van der Waals surface area (Å²) in [6, 6.07) is 39.8. The van der Waals surface area contributed by atoms with Gasteiger partial charge in [-0.2, -0.15) is 0 Å². The lowest BCUT2D eigenvalue weighted by Gasteiger charge is -2.38. The van der Waals surface area contributed by atoms with E-state index in [1.807, 2.05) is 0 Å². The summed E-state index contributed by atoms with van der Waals surface area (Å²) in [5, 5.41) is 4.98. The largest absolute Gasteiger partial charge is 0.333 e. The summed E-state index contributed by atoms with van der Waals surface area (Å²) in [6.45, 7) is 4.60. The first-order chi connectivity index (χ1) is 20.7. The van der Waals surface area contributed by atoms with E-state index in [1.54, 1.807) is 0 Å². The molecule has 0 aliphatic heterocycles. The number of anilines is 4. The van der Waals surface area contributed by atoms with Gasteiger partial charge in [0.15, 0.2) is 0 Å². The van der Waals surface area contributed by atoms with Gasteiger partial charge in [-0.1, -0.05) is 135 Å².